The largest absolute Gasteiger partial charge is 0.444 e. The van der Waals surface area contributed by atoms with Crippen LogP contribution in [0.2, 0.25) is 0 Å². The Morgan fingerprint density at radius 2 is 1.63 bits per heavy atom. The van der Waals surface area contributed by atoms with Crippen molar-refractivity contribution in [3.05, 3.63) is 35.9 Å². The number of amides is 3. The number of nitrogens with one attached hydrogen (secondary N) is 2. The fourth-order valence-corrected chi connectivity index (χ4v) is 2.88. The Bertz CT molecular complexity index is 671. The van der Waals surface area contributed by atoms with Crippen LogP contribution >= 0.6 is 0 Å². The summed E-state index contributed by atoms with van der Waals surface area (Å²) in [6.45, 7) is 10.1. The first-order valence-electron chi connectivity index (χ1n) is 10.8. The number of unbranched alkanes of at least 4 members (excludes halogenated alkanes) is 2. The van der Waals surface area contributed by atoms with Gasteiger partial charge in [-0.1, -0.05) is 57.0 Å². The van der Waals surface area contributed by atoms with E-state index in [0.29, 0.717) is 13.1 Å². The highest BCUT2D eigenvalue weighted by atomic mass is 16.6. The molecule has 0 aliphatic carbocycles. The minimum Gasteiger partial charge on any atom is -0.444 e. The van der Waals surface area contributed by atoms with E-state index in [2.05, 4.69) is 17.6 Å². The van der Waals surface area contributed by atoms with Crippen molar-refractivity contribution in [1.29, 1.82) is 0 Å². The zero-order valence-corrected chi connectivity index (χ0v) is 19.0. The highest BCUT2D eigenvalue weighted by Gasteiger charge is 2.31. The van der Waals surface area contributed by atoms with Crippen molar-refractivity contribution in [2.75, 3.05) is 19.6 Å². The molecule has 1 atom stereocenters. The molecule has 0 spiro atoms. The molecule has 0 aliphatic rings. The maximum Gasteiger partial charge on any atom is 0.408 e. The van der Waals surface area contributed by atoms with E-state index in [1.165, 1.54) is 0 Å². The SMILES string of the molecule is CCCCNC(=O)C(c1ccccc1)N(CCCC)C(=O)CNC(=O)OC(C)(C)C. The Morgan fingerprint density at radius 1 is 1.00 bits per heavy atom. The van der Waals surface area contributed by atoms with Crippen LogP contribution in [0.3, 0.4) is 0 Å². The van der Waals surface area contributed by atoms with Crippen LogP contribution in [-0.4, -0.2) is 48.0 Å². The summed E-state index contributed by atoms with van der Waals surface area (Å²) < 4.78 is 5.21. The number of rotatable bonds is 11. The van der Waals surface area contributed by atoms with Crippen molar-refractivity contribution in [1.82, 2.24) is 15.5 Å². The Labute approximate surface area is 180 Å². The predicted molar refractivity (Wildman–Crippen MR) is 118 cm³/mol. The van der Waals surface area contributed by atoms with Crippen molar-refractivity contribution in [3.63, 3.8) is 0 Å². The van der Waals surface area contributed by atoms with Crippen molar-refractivity contribution in [3.8, 4) is 0 Å². The second-order valence-corrected chi connectivity index (χ2v) is 8.25. The van der Waals surface area contributed by atoms with E-state index < -0.39 is 17.7 Å². The molecule has 2 N–H and O–H groups in total. The minimum absolute atomic E-state index is 0.212. The Kier molecular flexibility index (Phi) is 10.9. The molecule has 0 saturated carbocycles. The maximum absolute atomic E-state index is 13.0. The summed E-state index contributed by atoms with van der Waals surface area (Å²) in [5.41, 5.74) is 0.0917. The number of carbonyl (C=O) groups is 3. The van der Waals surface area contributed by atoms with E-state index in [1.54, 1.807) is 25.7 Å². The van der Waals surface area contributed by atoms with Gasteiger partial charge >= 0.3 is 6.09 Å². The smallest absolute Gasteiger partial charge is 0.408 e. The molecule has 7 heteroatoms. The topological polar surface area (TPSA) is 87.7 Å². The molecule has 0 heterocycles. The lowest BCUT2D eigenvalue weighted by Gasteiger charge is -2.31. The number of nitrogens with zero attached hydrogens (tertiary/aromatic N) is 1. The fraction of sp³-hybridized carbons (Fsp3) is 0.609. The van der Waals surface area contributed by atoms with E-state index in [0.717, 1.165) is 31.2 Å². The average molecular weight is 420 g/mol. The monoisotopic (exact) mass is 419 g/mol. The number of benzene rings is 1. The van der Waals surface area contributed by atoms with Crippen LogP contribution in [0.5, 0.6) is 0 Å². The number of carbonyl (C=O) groups excluding carboxylic acids is 3. The zero-order valence-electron chi connectivity index (χ0n) is 19.0. The van der Waals surface area contributed by atoms with Gasteiger partial charge in [0.25, 0.3) is 0 Å². The van der Waals surface area contributed by atoms with E-state index in [9.17, 15) is 14.4 Å². The normalized spacial score (nSPS) is 12.0. The maximum atomic E-state index is 13.0. The third-order valence-corrected chi connectivity index (χ3v) is 4.36. The molecular formula is C23H37N3O4. The first-order valence-corrected chi connectivity index (χ1v) is 10.8. The Balaban J connectivity index is 3.02. The van der Waals surface area contributed by atoms with Crippen molar-refractivity contribution >= 4 is 17.9 Å². The molecule has 0 radical (unpaired) electrons. The summed E-state index contributed by atoms with van der Waals surface area (Å²) in [4.78, 5) is 39.6. The summed E-state index contributed by atoms with van der Waals surface area (Å²) in [7, 11) is 0. The van der Waals surface area contributed by atoms with Crippen molar-refractivity contribution in [2.45, 2.75) is 71.9 Å². The van der Waals surface area contributed by atoms with Crippen LogP contribution in [0.15, 0.2) is 30.3 Å². The lowest BCUT2D eigenvalue weighted by Crippen LogP contribution is -2.48. The third kappa shape index (κ3) is 9.29. The van der Waals surface area contributed by atoms with Crippen molar-refractivity contribution in [2.24, 2.45) is 0 Å². The van der Waals surface area contributed by atoms with Gasteiger partial charge in [0.15, 0.2) is 0 Å². The number of ether oxygens (including phenoxy) is 1. The predicted octanol–water partition coefficient (Wildman–Crippen LogP) is 3.80. The molecule has 0 aliphatic heterocycles. The van der Waals surface area contributed by atoms with Crippen molar-refractivity contribution < 1.29 is 19.1 Å². The summed E-state index contributed by atoms with van der Waals surface area (Å²) >= 11 is 0. The van der Waals surface area contributed by atoms with Crippen LogP contribution in [0, 0.1) is 0 Å². The summed E-state index contributed by atoms with van der Waals surface area (Å²) in [6, 6.07) is 8.52. The molecule has 7 nitrogen and oxygen atoms in total. The fourth-order valence-electron chi connectivity index (χ4n) is 2.88. The molecule has 1 unspecified atom stereocenters. The molecule has 1 rings (SSSR count). The second kappa shape index (κ2) is 12.9. The standard InChI is InChI=1S/C23H37N3O4/c1-6-8-15-24-21(28)20(18-13-11-10-12-14-18)26(16-9-7-2)19(27)17-25-22(29)30-23(3,4)5/h10-14,20H,6-9,15-17H2,1-5H3,(H,24,28)(H,25,29). The Hall–Kier alpha value is -2.57. The van der Waals surface area contributed by atoms with Gasteiger partial charge in [-0.15, -0.1) is 0 Å². The molecule has 3 amide bonds. The molecule has 1 aromatic rings. The molecule has 0 aromatic heterocycles. The molecule has 30 heavy (non-hydrogen) atoms. The van der Waals surface area contributed by atoms with Gasteiger partial charge in [0.2, 0.25) is 11.8 Å². The van der Waals surface area contributed by atoms with Gasteiger partial charge in [-0.25, -0.2) is 4.79 Å². The molecular weight excluding hydrogens is 382 g/mol. The molecule has 1 aromatic carbocycles. The van der Waals surface area contributed by atoms with Crippen LogP contribution < -0.4 is 10.6 Å². The quantitative estimate of drug-likeness (QED) is 0.534. The zero-order chi connectivity index (χ0) is 22.6. The van der Waals surface area contributed by atoms with Crippen LogP contribution in [0.25, 0.3) is 0 Å². The van der Waals surface area contributed by atoms with Crippen LogP contribution in [-0.2, 0) is 14.3 Å². The van der Waals surface area contributed by atoms with Gasteiger partial charge in [0, 0.05) is 13.1 Å². The van der Waals surface area contributed by atoms with Gasteiger partial charge in [-0.05, 0) is 39.2 Å². The van der Waals surface area contributed by atoms with Gasteiger partial charge in [0.05, 0.1) is 0 Å². The van der Waals surface area contributed by atoms with E-state index in [1.807, 2.05) is 37.3 Å². The first-order chi connectivity index (χ1) is 14.2. The minimum atomic E-state index is -0.748. The van der Waals surface area contributed by atoms with Crippen LogP contribution in [0.4, 0.5) is 4.79 Å². The van der Waals surface area contributed by atoms with Gasteiger partial charge in [0.1, 0.15) is 18.2 Å². The number of hydrogen-bond acceptors (Lipinski definition) is 4. The lowest BCUT2D eigenvalue weighted by atomic mass is 10.0. The summed E-state index contributed by atoms with van der Waals surface area (Å²) in [5.74, 6) is -0.537. The third-order valence-electron chi connectivity index (χ3n) is 4.36. The van der Waals surface area contributed by atoms with Gasteiger partial charge in [-0.3, -0.25) is 9.59 Å². The Morgan fingerprint density at radius 3 is 2.20 bits per heavy atom. The summed E-state index contributed by atoms with van der Waals surface area (Å²) in [6.07, 6.45) is 2.81. The van der Waals surface area contributed by atoms with E-state index in [4.69, 9.17) is 4.74 Å². The molecule has 168 valence electrons. The molecule has 0 fully saturated rings. The summed E-state index contributed by atoms with van der Waals surface area (Å²) in [5, 5.41) is 5.45. The number of alkyl carbamates (subject to hydrolysis) is 1. The van der Waals surface area contributed by atoms with Gasteiger partial charge in [-0.2, -0.15) is 0 Å². The lowest BCUT2D eigenvalue weighted by molar-refractivity contribution is -0.140. The van der Waals surface area contributed by atoms with E-state index >= 15 is 0 Å². The highest BCUT2D eigenvalue weighted by molar-refractivity contribution is 5.90. The number of hydrogen-bond donors (Lipinski definition) is 2. The molecule has 0 bridgehead atoms. The second-order valence-electron chi connectivity index (χ2n) is 8.25. The average Bonchev–Trinajstić information content (AvgIpc) is 2.68. The van der Waals surface area contributed by atoms with Gasteiger partial charge < -0.3 is 20.3 Å². The first kappa shape index (κ1) is 25.5. The van der Waals surface area contributed by atoms with E-state index in [-0.39, 0.29) is 18.4 Å². The molecule has 0 saturated heterocycles. The van der Waals surface area contributed by atoms with Crippen LogP contribution in [0.1, 0.15) is 71.9 Å². The highest BCUT2D eigenvalue weighted by Crippen LogP contribution is 2.22.